The predicted molar refractivity (Wildman–Crippen MR) is 99.9 cm³/mol. The van der Waals surface area contributed by atoms with E-state index in [-0.39, 0.29) is 17.1 Å². The lowest BCUT2D eigenvalue weighted by atomic mass is 9.91. The largest absolute Gasteiger partial charge is 0.353 e. The van der Waals surface area contributed by atoms with Crippen molar-refractivity contribution in [3.63, 3.8) is 0 Å². The van der Waals surface area contributed by atoms with Gasteiger partial charge < -0.3 is 9.47 Å². The van der Waals surface area contributed by atoms with Gasteiger partial charge in [0.05, 0.1) is 0 Å². The molecular formula is C16H22N6O2S2. The third-order valence-corrected chi connectivity index (χ3v) is 7.53. The zero-order valence-corrected chi connectivity index (χ0v) is 16.7. The summed E-state index contributed by atoms with van der Waals surface area (Å²) in [6.07, 6.45) is 6.23. The first-order valence-corrected chi connectivity index (χ1v) is 11.3. The van der Waals surface area contributed by atoms with E-state index in [9.17, 15) is 8.42 Å². The summed E-state index contributed by atoms with van der Waals surface area (Å²) in [5.41, 5.74) is 0. The Morgan fingerprint density at radius 3 is 2.62 bits per heavy atom. The van der Waals surface area contributed by atoms with Crippen molar-refractivity contribution in [2.75, 3.05) is 24.2 Å². The number of imidazole rings is 1. The number of piperidine rings is 1. The smallest absolute Gasteiger partial charge is 0.262 e. The molecule has 140 valence electrons. The first-order chi connectivity index (χ1) is 12.4. The SMILES string of the molecule is CCn1cc(S(=O)(=O)N2C3CC2CN(c2ccnc(SC)n2)C3)nc1C. The summed E-state index contributed by atoms with van der Waals surface area (Å²) in [5.74, 6) is 1.59. The molecule has 5 heterocycles. The van der Waals surface area contributed by atoms with Gasteiger partial charge in [-0.3, -0.25) is 0 Å². The summed E-state index contributed by atoms with van der Waals surface area (Å²) >= 11 is 1.50. The van der Waals surface area contributed by atoms with Crippen LogP contribution in [0, 0.1) is 6.92 Å². The van der Waals surface area contributed by atoms with Crippen LogP contribution in [0.15, 0.2) is 28.6 Å². The molecule has 3 fully saturated rings. The van der Waals surface area contributed by atoms with Gasteiger partial charge in [-0.25, -0.2) is 23.4 Å². The fraction of sp³-hybridized carbons (Fsp3) is 0.562. The predicted octanol–water partition coefficient (Wildman–Crippen LogP) is 1.38. The second kappa shape index (κ2) is 6.50. The van der Waals surface area contributed by atoms with Crippen molar-refractivity contribution in [1.82, 2.24) is 23.8 Å². The molecule has 0 aromatic carbocycles. The van der Waals surface area contributed by atoms with Crippen molar-refractivity contribution in [2.24, 2.45) is 0 Å². The van der Waals surface area contributed by atoms with Crippen LogP contribution in [-0.4, -0.2) is 63.7 Å². The molecule has 0 amide bonds. The van der Waals surface area contributed by atoms with Gasteiger partial charge in [0.15, 0.2) is 10.2 Å². The van der Waals surface area contributed by atoms with E-state index in [2.05, 4.69) is 19.9 Å². The maximum Gasteiger partial charge on any atom is 0.262 e. The Kier molecular flexibility index (Phi) is 4.44. The highest BCUT2D eigenvalue weighted by Crippen LogP contribution is 2.38. The van der Waals surface area contributed by atoms with Gasteiger partial charge in [0.25, 0.3) is 10.0 Å². The van der Waals surface area contributed by atoms with Crippen molar-refractivity contribution in [1.29, 1.82) is 0 Å². The van der Waals surface area contributed by atoms with Gasteiger partial charge in [0.1, 0.15) is 11.6 Å². The second-order valence-electron chi connectivity index (χ2n) is 6.60. The van der Waals surface area contributed by atoms with Crippen LogP contribution in [0.3, 0.4) is 0 Å². The van der Waals surface area contributed by atoms with Crippen LogP contribution in [0.4, 0.5) is 5.82 Å². The Morgan fingerprint density at radius 1 is 1.27 bits per heavy atom. The average Bonchev–Trinajstić information content (AvgIpc) is 3.03. The van der Waals surface area contributed by atoms with Gasteiger partial charge in [-0.2, -0.15) is 4.31 Å². The van der Waals surface area contributed by atoms with Gasteiger partial charge >= 0.3 is 0 Å². The summed E-state index contributed by atoms with van der Waals surface area (Å²) in [6.45, 7) is 5.81. The summed E-state index contributed by atoms with van der Waals surface area (Å²) < 4.78 is 29.6. The van der Waals surface area contributed by atoms with E-state index in [1.165, 1.54) is 11.8 Å². The molecule has 0 spiro atoms. The number of anilines is 1. The maximum atomic E-state index is 13.1. The number of fused-ring (bicyclic) bond motifs is 2. The number of aryl methyl sites for hydroxylation is 2. The Bertz CT molecular complexity index is 917. The first-order valence-electron chi connectivity index (χ1n) is 8.63. The monoisotopic (exact) mass is 394 g/mol. The number of nitrogens with zero attached hydrogens (tertiary/aromatic N) is 6. The highest BCUT2D eigenvalue weighted by Gasteiger charge is 2.52. The quantitative estimate of drug-likeness (QED) is 0.559. The lowest BCUT2D eigenvalue weighted by Gasteiger charge is -2.54. The first kappa shape index (κ1) is 17.7. The highest BCUT2D eigenvalue weighted by molar-refractivity contribution is 7.98. The van der Waals surface area contributed by atoms with Crippen molar-refractivity contribution in [3.8, 4) is 0 Å². The van der Waals surface area contributed by atoms with Crippen LogP contribution in [0.1, 0.15) is 19.2 Å². The summed E-state index contributed by atoms with van der Waals surface area (Å²) in [7, 11) is -3.55. The molecule has 0 aliphatic carbocycles. The minimum atomic E-state index is -3.55. The molecule has 2 bridgehead atoms. The molecule has 0 radical (unpaired) electrons. The van der Waals surface area contributed by atoms with Crippen LogP contribution in [0.25, 0.3) is 0 Å². The topological polar surface area (TPSA) is 84.2 Å². The van der Waals surface area contributed by atoms with E-state index >= 15 is 0 Å². The summed E-state index contributed by atoms with van der Waals surface area (Å²) in [5, 5.41) is 0.888. The zero-order chi connectivity index (χ0) is 18.5. The summed E-state index contributed by atoms with van der Waals surface area (Å²) in [4.78, 5) is 15.2. The Balaban J connectivity index is 1.55. The Morgan fingerprint density at radius 2 is 2.00 bits per heavy atom. The molecule has 2 aromatic rings. The standard InChI is InChI=1S/C16H22N6O2S2/c1-4-20-10-15(18-11(20)2)26(23,24)22-12-7-13(22)9-21(8-12)14-5-6-17-16(19-14)25-3/h5-6,10,12-13H,4,7-9H2,1-3H3. The molecule has 2 aromatic heterocycles. The third-order valence-electron chi connectivity index (χ3n) is 5.09. The zero-order valence-electron chi connectivity index (χ0n) is 15.0. The van der Waals surface area contributed by atoms with Crippen LogP contribution in [0.5, 0.6) is 0 Å². The Labute approximate surface area is 157 Å². The lowest BCUT2D eigenvalue weighted by Crippen LogP contribution is -2.70. The number of aromatic nitrogens is 4. The van der Waals surface area contributed by atoms with Crippen molar-refractivity contribution in [3.05, 3.63) is 24.3 Å². The fourth-order valence-corrected chi connectivity index (χ4v) is 5.96. The van der Waals surface area contributed by atoms with Crippen LogP contribution in [-0.2, 0) is 16.6 Å². The maximum absolute atomic E-state index is 13.1. The average molecular weight is 395 g/mol. The number of thioether (sulfide) groups is 1. The normalized spacial score (nSPS) is 23.1. The molecule has 3 aliphatic rings. The van der Waals surface area contributed by atoms with Crippen molar-refractivity contribution < 1.29 is 8.42 Å². The molecule has 3 aliphatic heterocycles. The molecule has 26 heavy (non-hydrogen) atoms. The van der Waals surface area contributed by atoms with Gasteiger partial charge in [-0.1, -0.05) is 11.8 Å². The Hall–Kier alpha value is -1.65. The van der Waals surface area contributed by atoms with E-state index in [1.807, 2.05) is 30.7 Å². The highest BCUT2D eigenvalue weighted by atomic mass is 32.2. The molecular weight excluding hydrogens is 372 g/mol. The minimum Gasteiger partial charge on any atom is -0.353 e. The van der Waals surface area contributed by atoms with Gasteiger partial charge in [0, 0.05) is 44.1 Å². The minimum absolute atomic E-state index is 0.0291. The van der Waals surface area contributed by atoms with E-state index in [0.29, 0.717) is 19.6 Å². The van der Waals surface area contributed by atoms with Crippen LogP contribution in [0.2, 0.25) is 0 Å². The number of sulfonamides is 1. The van der Waals surface area contributed by atoms with E-state index in [4.69, 9.17) is 0 Å². The number of hydrogen-bond acceptors (Lipinski definition) is 7. The molecule has 2 atom stereocenters. The van der Waals surface area contributed by atoms with Crippen molar-refractivity contribution >= 4 is 27.6 Å². The van der Waals surface area contributed by atoms with E-state index < -0.39 is 10.0 Å². The third kappa shape index (κ3) is 2.80. The second-order valence-corrected chi connectivity index (χ2v) is 9.16. The molecule has 0 N–H and O–H groups in total. The molecule has 2 unspecified atom stereocenters. The molecule has 0 saturated carbocycles. The lowest BCUT2D eigenvalue weighted by molar-refractivity contribution is 0.0870. The number of piperazine rings is 1. The molecule has 5 rings (SSSR count). The number of hydrogen-bond donors (Lipinski definition) is 0. The van der Waals surface area contributed by atoms with Crippen LogP contribution < -0.4 is 4.90 Å². The molecule has 3 saturated heterocycles. The van der Waals surface area contributed by atoms with E-state index in [1.54, 1.807) is 16.7 Å². The van der Waals surface area contributed by atoms with Gasteiger partial charge in [0.2, 0.25) is 0 Å². The van der Waals surface area contributed by atoms with Crippen LogP contribution >= 0.6 is 11.8 Å². The van der Waals surface area contributed by atoms with Crippen molar-refractivity contribution in [2.45, 2.75) is 49.1 Å². The fourth-order valence-electron chi connectivity index (χ4n) is 3.79. The van der Waals surface area contributed by atoms with Gasteiger partial charge in [-0.05, 0) is 32.6 Å². The molecule has 8 nitrogen and oxygen atoms in total. The number of rotatable bonds is 5. The van der Waals surface area contributed by atoms with E-state index in [0.717, 1.165) is 23.2 Å². The van der Waals surface area contributed by atoms with Gasteiger partial charge in [-0.15, -0.1) is 0 Å². The summed E-state index contributed by atoms with van der Waals surface area (Å²) in [6, 6.07) is 1.83. The molecule has 10 heteroatoms.